The molecule has 1 heterocycles. The molecule has 0 N–H and O–H groups in total. The summed E-state index contributed by atoms with van der Waals surface area (Å²) in [6, 6.07) is 19.3. The minimum absolute atomic E-state index is 0.332. The number of hydrogen-bond acceptors (Lipinski definition) is 4. The fraction of sp³-hybridized carbons (Fsp3) is 0.231. The second-order valence-corrected chi connectivity index (χ2v) is 7.81. The molecule has 0 spiro atoms. The highest BCUT2D eigenvalue weighted by Crippen LogP contribution is 2.43. The zero-order chi connectivity index (χ0) is 21.6. The highest BCUT2D eigenvalue weighted by Gasteiger charge is 2.22. The summed E-state index contributed by atoms with van der Waals surface area (Å²) in [5.74, 6) is 0.463. The molecular weight excluding hydrogens is 410 g/mol. The summed E-state index contributed by atoms with van der Waals surface area (Å²) in [4.78, 5) is 16.7. The van der Waals surface area contributed by atoms with Crippen molar-refractivity contribution in [3.63, 3.8) is 0 Å². The third kappa shape index (κ3) is 4.97. The van der Waals surface area contributed by atoms with Gasteiger partial charge < -0.3 is 9.47 Å². The molecule has 0 saturated carbocycles. The van der Waals surface area contributed by atoms with Crippen molar-refractivity contribution in [2.75, 3.05) is 6.61 Å². The first-order valence-electron chi connectivity index (χ1n) is 10.5. The summed E-state index contributed by atoms with van der Waals surface area (Å²) in [7, 11) is 0. The zero-order valence-corrected chi connectivity index (χ0v) is 18.2. The maximum Gasteiger partial charge on any atom is 0.338 e. The van der Waals surface area contributed by atoms with Gasteiger partial charge in [0.2, 0.25) is 0 Å². The van der Waals surface area contributed by atoms with Crippen LogP contribution in [-0.2, 0) is 11.3 Å². The lowest BCUT2D eigenvalue weighted by Gasteiger charge is -2.15. The first-order valence-corrected chi connectivity index (χ1v) is 10.9. The Kier molecular flexibility index (Phi) is 6.68. The number of carbonyl (C=O) groups is 1. The molecule has 2 aromatic carbocycles. The molecule has 0 saturated heterocycles. The lowest BCUT2D eigenvalue weighted by atomic mass is 9.98. The van der Waals surface area contributed by atoms with Crippen LogP contribution in [0.1, 0.15) is 53.4 Å². The molecular formula is C26H24ClNO3. The smallest absolute Gasteiger partial charge is 0.338 e. The number of nitrogens with zero attached hydrogens (tertiary/aromatic N) is 1. The van der Waals surface area contributed by atoms with Crippen molar-refractivity contribution in [1.82, 2.24) is 4.98 Å². The first kappa shape index (κ1) is 21.1. The topological polar surface area (TPSA) is 48.4 Å². The molecule has 0 radical (unpaired) electrons. The van der Waals surface area contributed by atoms with Crippen molar-refractivity contribution < 1.29 is 14.3 Å². The van der Waals surface area contributed by atoms with Crippen LogP contribution in [0.2, 0.25) is 5.02 Å². The number of allylic oxidation sites excluding steroid dienone is 2. The van der Waals surface area contributed by atoms with Gasteiger partial charge in [0.25, 0.3) is 0 Å². The van der Waals surface area contributed by atoms with Gasteiger partial charge in [0, 0.05) is 16.8 Å². The van der Waals surface area contributed by atoms with Crippen LogP contribution in [0.3, 0.4) is 0 Å². The number of esters is 1. The third-order valence-corrected chi connectivity index (χ3v) is 5.54. The Morgan fingerprint density at radius 3 is 2.65 bits per heavy atom. The largest absolute Gasteiger partial charge is 0.488 e. The summed E-state index contributed by atoms with van der Waals surface area (Å²) in [5, 5.41) is 0.661. The molecule has 4 rings (SSSR count). The van der Waals surface area contributed by atoms with E-state index < -0.39 is 0 Å². The third-order valence-electron chi connectivity index (χ3n) is 5.30. The van der Waals surface area contributed by atoms with E-state index in [0.717, 1.165) is 47.4 Å². The molecule has 158 valence electrons. The second-order valence-electron chi connectivity index (χ2n) is 7.38. The molecule has 1 aliphatic carbocycles. The number of pyridine rings is 1. The van der Waals surface area contributed by atoms with E-state index in [2.05, 4.69) is 4.98 Å². The lowest BCUT2D eigenvalue weighted by Crippen LogP contribution is -2.05. The average molecular weight is 434 g/mol. The van der Waals surface area contributed by atoms with Crippen molar-refractivity contribution in [3.05, 3.63) is 94.3 Å². The molecule has 0 atom stereocenters. The lowest BCUT2D eigenvalue weighted by molar-refractivity contribution is 0.0526. The van der Waals surface area contributed by atoms with Crippen molar-refractivity contribution in [2.45, 2.75) is 32.8 Å². The van der Waals surface area contributed by atoms with E-state index in [1.807, 2.05) is 54.6 Å². The molecule has 1 aliphatic rings. The molecule has 5 heteroatoms. The van der Waals surface area contributed by atoms with Crippen LogP contribution in [0.25, 0.3) is 11.1 Å². The maximum absolute atomic E-state index is 12.2. The summed E-state index contributed by atoms with van der Waals surface area (Å²) >= 11 is 6.35. The standard InChI is InChI=1S/C26H24ClNO3/c1-2-30-26(29)19-13-14-28-24(15-19)22-10-6-9-21(22)23-16-20(27)11-12-25(23)31-17-18-7-4-3-5-8-18/h3-5,7-8,11-16H,2,6,9-10,17H2,1H3. The molecule has 0 unspecified atom stereocenters. The Balaban J connectivity index is 1.69. The van der Waals surface area contributed by atoms with E-state index in [1.54, 1.807) is 19.2 Å². The Hall–Kier alpha value is -3.11. The highest BCUT2D eigenvalue weighted by atomic mass is 35.5. The second kappa shape index (κ2) is 9.80. The summed E-state index contributed by atoms with van der Waals surface area (Å²) in [5.41, 5.74) is 5.69. The monoisotopic (exact) mass is 433 g/mol. The Bertz CT molecular complexity index is 1110. The van der Waals surface area contributed by atoms with Crippen molar-refractivity contribution in [1.29, 1.82) is 0 Å². The van der Waals surface area contributed by atoms with Crippen LogP contribution in [0, 0.1) is 0 Å². The molecule has 31 heavy (non-hydrogen) atoms. The number of rotatable bonds is 7. The van der Waals surface area contributed by atoms with E-state index in [9.17, 15) is 4.79 Å². The van der Waals surface area contributed by atoms with Gasteiger partial charge in [0.15, 0.2) is 0 Å². The Morgan fingerprint density at radius 2 is 1.84 bits per heavy atom. The van der Waals surface area contributed by atoms with Gasteiger partial charge in [-0.15, -0.1) is 0 Å². The fourth-order valence-corrected chi connectivity index (χ4v) is 4.03. The average Bonchev–Trinajstić information content (AvgIpc) is 3.29. The number of ether oxygens (including phenoxy) is 2. The van der Waals surface area contributed by atoms with Crippen LogP contribution in [0.15, 0.2) is 66.9 Å². The van der Waals surface area contributed by atoms with Crippen LogP contribution < -0.4 is 4.74 Å². The minimum atomic E-state index is -0.332. The predicted octanol–water partition coefficient (Wildman–Crippen LogP) is 6.59. The minimum Gasteiger partial charge on any atom is -0.488 e. The summed E-state index contributed by atoms with van der Waals surface area (Å²) in [6.07, 6.45) is 4.47. The summed E-state index contributed by atoms with van der Waals surface area (Å²) < 4.78 is 11.3. The van der Waals surface area contributed by atoms with Crippen molar-refractivity contribution in [3.8, 4) is 5.75 Å². The van der Waals surface area contributed by atoms with Gasteiger partial charge in [0.05, 0.1) is 17.9 Å². The number of halogens is 1. The molecule has 1 aromatic heterocycles. The number of carbonyl (C=O) groups excluding carboxylic acids is 1. The molecule has 4 nitrogen and oxygen atoms in total. The van der Waals surface area contributed by atoms with E-state index in [4.69, 9.17) is 21.1 Å². The van der Waals surface area contributed by atoms with Gasteiger partial charge in [-0.05, 0) is 73.2 Å². The van der Waals surface area contributed by atoms with E-state index in [-0.39, 0.29) is 5.97 Å². The van der Waals surface area contributed by atoms with Gasteiger partial charge in [-0.3, -0.25) is 4.98 Å². The summed E-state index contributed by atoms with van der Waals surface area (Å²) in [6.45, 7) is 2.62. The first-order chi connectivity index (χ1) is 15.2. The zero-order valence-electron chi connectivity index (χ0n) is 17.4. The van der Waals surface area contributed by atoms with Gasteiger partial charge in [-0.25, -0.2) is 4.79 Å². The van der Waals surface area contributed by atoms with E-state index in [0.29, 0.717) is 23.8 Å². The Morgan fingerprint density at radius 1 is 1.03 bits per heavy atom. The molecule has 3 aromatic rings. The highest BCUT2D eigenvalue weighted by molar-refractivity contribution is 6.30. The molecule has 0 amide bonds. The normalized spacial score (nSPS) is 13.4. The molecule has 0 bridgehead atoms. The predicted molar refractivity (Wildman–Crippen MR) is 123 cm³/mol. The Labute approximate surface area is 187 Å². The van der Waals surface area contributed by atoms with Crippen LogP contribution in [0.4, 0.5) is 0 Å². The van der Waals surface area contributed by atoms with Gasteiger partial charge in [-0.2, -0.15) is 0 Å². The van der Waals surface area contributed by atoms with Crippen LogP contribution in [-0.4, -0.2) is 17.6 Å². The van der Waals surface area contributed by atoms with E-state index >= 15 is 0 Å². The van der Waals surface area contributed by atoms with Crippen LogP contribution in [0.5, 0.6) is 5.75 Å². The van der Waals surface area contributed by atoms with Crippen molar-refractivity contribution >= 4 is 28.7 Å². The van der Waals surface area contributed by atoms with Gasteiger partial charge >= 0.3 is 5.97 Å². The quantitative estimate of drug-likeness (QED) is 0.394. The van der Waals surface area contributed by atoms with E-state index in [1.165, 1.54) is 5.57 Å². The van der Waals surface area contributed by atoms with Gasteiger partial charge in [-0.1, -0.05) is 41.9 Å². The SMILES string of the molecule is CCOC(=O)c1ccnc(C2=C(c3cc(Cl)ccc3OCc3ccccc3)CCC2)c1. The molecule has 0 aliphatic heterocycles. The number of aromatic nitrogens is 1. The van der Waals surface area contributed by atoms with Crippen molar-refractivity contribution in [2.24, 2.45) is 0 Å². The van der Waals surface area contributed by atoms with Crippen LogP contribution >= 0.6 is 11.6 Å². The van der Waals surface area contributed by atoms with Gasteiger partial charge in [0.1, 0.15) is 12.4 Å². The number of benzene rings is 2. The molecule has 0 fully saturated rings. The maximum atomic E-state index is 12.2. The number of hydrogen-bond donors (Lipinski definition) is 0. The fourth-order valence-electron chi connectivity index (χ4n) is 3.86.